The second-order valence-electron chi connectivity index (χ2n) is 5.81. The van der Waals surface area contributed by atoms with E-state index in [2.05, 4.69) is 36.8 Å². The zero-order chi connectivity index (χ0) is 15.6. The first-order valence-electron chi connectivity index (χ1n) is 6.58. The van der Waals surface area contributed by atoms with Crippen LogP contribution in [0.4, 0.5) is 5.82 Å². The predicted molar refractivity (Wildman–Crippen MR) is 80.4 cm³/mol. The van der Waals surface area contributed by atoms with Crippen molar-refractivity contribution in [2.24, 2.45) is 0 Å². The molecule has 0 amide bonds. The van der Waals surface area contributed by atoms with Crippen LogP contribution in [0.3, 0.4) is 0 Å². The molecule has 0 saturated heterocycles. The molecule has 2 rings (SSSR count). The molecule has 0 radical (unpaired) electrons. The number of aliphatic carboxylic acids is 1. The Morgan fingerprint density at radius 3 is 2.81 bits per heavy atom. The Morgan fingerprint density at radius 2 is 2.24 bits per heavy atom. The summed E-state index contributed by atoms with van der Waals surface area (Å²) in [4.78, 5) is 16.8. The highest BCUT2D eigenvalue weighted by molar-refractivity contribution is 5.78. The lowest BCUT2D eigenvalue weighted by Crippen LogP contribution is -2.31. The number of aromatic nitrogens is 3. The van der Waals surface area contributed by atoms with Crippen LogP contribution in [0.5, 0.6) is 0 Å². The number of carboxylic acid groups (broad SMARTS) is 1. The Hall–Kier alpha value is -2.55. The van der Waals surface area contributed by atoms with Crippen LogP contribution in [0.2, 0.25) is 0 Å². The van der Waals surface area contributed by atoms with Crippen molar-refractivity contribution < 1.29 is 9.90 Å². The lowest BCUT2D eigenvalue weighted by molar-refractivity contribution is -0.135. The molecule has 21 heavy (non-hydrogen) atoms. The summed E-state index contributed by atoms with van der Waals surface area (Å²) in [6.07, 6.45) is 8.66. The van der Waals surface area contributed by atoms with Crippen molar-refractivity contribution in [1.29, 1.82) is 0 Å². The molecule has 0 spiro atoms. The maximum atomic E-state index is 11.0. The number of terminal acetylenes is 1. The molecule has 2 aromatic heterocycles. The number of carboxylic acids is 1. The van der Waals surface area contributed by atoms with Crippen LogP contribution >= 0.6 is 0 Å². The number of nitrogens with zero attached hydrogens (tertiary/aromatic N) is 4. The van der Waals surface area contributed by atoms with E-state index in [1.54, 1.807) is 21.8 Å². The lowest BCUT2D eigenvalue weighted by atomic mass is 9.92. The third-order valence-electron chi connectivity index (χ3n) is 3.05. The Bertz CT molecular complexity index is 707. The van der Waals surface area contributed by atoms with Gasteiger partial charge in [-0.1, -0.05) is 26.7 Å². The van der Waals surface area contributed by atoms with Crippen molar-refractivity contribution in [1.82, 2.24) is 14.6 Å². The summed E-state index contributed by atoms with van der Waals surface area (Å²) < 4.78 is 1.70. The van der Waals surface area contributed by atoms with Gasteiger partial charge in [-0.2, -0.15) is 5.10 Å². The molecule has 6 nitrogen and oxygen atoms in total. The Kier molecular flexibility index (Phi) is 3.85. The molecule has 0 fully saturated rings. The van der Waals surface area contributed by atoms with Crippen LogP contribution in [0.1, 0.15) is 26.5 Å². The summed E-state index contributed by atoms with van der Waals surface area (Å²) in [6.45, 7) is 6.18. The van der Waals surface area contributed by atoms with E-state index < -0.39 is 5.97 Å². The average Bonchev–Trinajstić information content (AvgIpc) is 2.81. The molecule has 0 aliphatic heterocycles. The highest BCUT2D eigenvalue weighted by atomic mass is 16.4. The first kappa shape index (κ1) is 14.9. The maximum Gasteiger partial charge on any atom is 0.323 e. The minimum absolute atomic E-state index is 0.104. The summed E-state index contributed by atoms with van der Waals surface area (Å²) in [5.41, 5.74) is 1.55. The summed E-state index contributed by atoms with van der Waals surface area (Å²) in [5.74, 6) is 2.04. The summed E-state index contributed by atoms with van der Waals surface area (Å²) >= 11 is 0. The zero-order valence-electron chi connectivity index (χ0n) is 12.4. The van der Waals surface area contributed by atoms with Crippen molar-refractivity contribution in [2.45, 2.75) is 26.2 Å². The fraction of sp³-hybridized carbons (Fsp3) is 0.400. The first-order valence-corrected chi connectivity index (χ1v) is 6.58. The van der Waals surface area contributed by atoms with Gasteiger partial charge in [-0.3, -0.25) is 4.79 Å². The van der Waals surface area contributed by atoms with E-state index in [0.717, 1.165) is 11.2 Å². The third-order valence-corrected chi connectivity index (χ3v) is 3.05. The van der Waals surface area contributed by atoms with Crippen molar-refractivity contribution >= 4 is 17.3 Å². The van der Waals surface area contributed by atoms with Gasteiger partial charge in [0.05, 0.1) is 12.2 Å². The van der Waals surface area contributed by atoms with E-state index in [1.165, 1.54) is 0 Å². The van der Waals surface area contributed by atoms with Crippen molar-refractivity contribution in [3.8, 4) is 12.3 Å². The Balaban J connectivity index is 2.54. The molecule has 0 saturated carbocycles. The second kappa shape index (κ2) is 5.44. The molecular formula is C15H18N4O2. The topological polar surface area (TPSA) is 70.7 Å². The van der Waals surface area contributed by atoms with Gasteiger partial charge in [0.15, 0.2) is 5.82 Å². The molecule has 2 heterocycles. The number of hydrogen-bond acceptors (Lipinski definition) is 4. The monoisotopic (exact) mass is 286 g/mol. The molecular weight excluding hydrogens is 268 g/mol. The van der Waals surface area contributed by atoms with E-state index in [4.69, 9.17) is 11.5 Å². The van der Waals surface area contributed by atoms with Crippen molar-refractivity contribution in [3.63, 3.8) is 0 Å². The predicted octanol–water partition coefficient (Wildman–Crippen LogP) is 1.55. The van der Waals surface area contributed by atoms with Crippen LogP contribution in [0.15, 0.2) is 18.5 Å². The van der Waals surface area contributed by atoms with E-state index in [-0.39, 0.29) is 18.5 Å². The van der Waals surface area contributed by atoms with Crippen LogP contribution < -0.4 is 4.90 Å². The van der Waals surface area contributed by atoms with Gasteiger partial charge in [0.25, 0.3) is 0 Å². The van der Waals surface area contributed by atoms with Crippen molar-refractivity contribution in [3.05, 3.63) is 24.2 Å². The maximum absolute atomic E-state index is 11.0. The fourth-order valence-electron chi connectivity index (χ4n) is 2.00. The lowest BCUT2D eigenvalue weighted by Gasteiger charge is -2.19. The zero-order valence-corrected chi connectivity index (χ0v) is 12.4. The number of hydrogen-bond donors (Lipinski definition) is 1. The summed E-state index contributed by atoms with van der Waals surface area (Å²) in [7, 11) is 0. The summed E-state index contributed by atoms with van der Waals surface area (Å²) in [5, 5.41) is 13.5. The van der Waals surface area contributed by atoms with Gasteiger partial charge in [0.1, 0.15) is 12.1 Å². The molecule has 1 N–H and O–H groups in total. The van der Waals surface area contributed by atoms with Gasteiger partial charge in [0, 0.05) is 17.8 Å². The van der Waals surface area contributed by atoms with Gasteiger partial charge in [-0.15, -0.1) is 6.42 Å². The van der Waals surface area contributed by atoms with Gasteiger partial charge >= 0.3 is 5.97 Å². The molecule has 0 bridgehead atoms. The average molecular weight is 286 g/mol. The van der Waals surface area contributed by atoms with E-state index >= 15 is 0 Å². The van der Waals surface area contributed by atoms with Crippen molar-refractivity contribution in [2.75, 3.05) is 18.0 Å². The Labute approximate surface area is 123 Å². The fourth-order valence-corrected chi connectivity index (χ4v) is 2.00. The summed E-state index contributed by atoms with van der Waals surface area (Å²) in [6, 6.07) is 1.92. The highest BCUT2D eigenvalue weighted by Gasteiger charge is 2.21. The third kappa shape index (κ3) is 3.14. The highest BCUT2D eigenvalue weighted by Crippen LogP contribution is 2.26. The number of fused-ring (bicyclic) bond motifs is 1. The molecule has 0 aromatic carbocycles. The largest absolute Gasteiger partial charge is 0.480 e. The van der Waals surface area contributed by atoms with E-state index in [9.17, 15) is 4.79 Å². The van der Waals surface area contributed by atoms with E-state index in [0.29, 0.717) is 5.82 Å². The quantitative estimate of drug-likeness (QED) is 0.864. The molecule has 2 aromatic rings. The van der Waals surface area contributed by atoms with Gasteiger partial charge in [0.2, 0.25) is 0 Å². The van der Waals surface area contributed by atoms with Gasteiger partial charge in [-0.25, -0.2) is 9.50 Å². The standard InChI is InChI=1S/C15H18N4O2/c1-5-7-18(10-13(20)21)14-11-9-12(15(2,3)4)17-19(11)8-6-16-14/h1,6,8-9H,7,10H2,2-4H3,(H,20,21). The van der Waals surface area contributed by atoms with Crippen LogP contribution in [-0.4, -0.2) is 38.8 Å². The second-order valence-corrected chi connectivity index (χ2v) is 5.81. The van der Waals surface area contributed by atoms with E-state index in [1.807, 2.05) is 6.07 Å². The van der Waals surface area contributed by atoms with Gasteiger partial charge in [-0.05, 0) is 6.07 Å². The molecule has 0 atom stereocenters. The number of rotatable bonds is 4. The molecule has 0 aliphatic carbocycles. The normalized spacial score (nSPS) is 11.3. The number of anilines is 1. The minimum Gasteiger partial charge on any atom is -0.480 e. The molecule has 0 unspecified atom stereocenters. The minimum atomic E-state index is -0.954. The van der Waals surface area contributed by atoms with Crippen LogP contribution in [0.25, 0.3) is 5.52 Å². The SMILES string of the molecule is C#CCN(CC(=O)O)c1nccn2nc(C(C)(C)C)cc12. The van der Waals surface area contributed by atoms with Gasteiger partial charge < -0.3 is 10.0 Å². The number of carbonyl (C=O) groups is 1. The Morgan fingerprint density at radius 1 is 1.52 bits per heavy atom. The van der Waals surface area contributed by atoms with Crippen LogP contribution in [-0.2, 0) is 10.2 Å². The molecule has 110 valence electrons. The molecule has 0 aliphatic rings. The molecule has 6 heteroatoms. The first-order chi connectivity index (χ1) is 9.82. The smallest absolute Gasteiger partial charge is 0.323 e. The van der Waals surface area contributed by atoms with Crippen LogP contribution in [0, 0.1) is 12.3 Å².